The summed E-state index contributed by atoms with van der Waals surface area (Å²) in [5.74, 6) is -0.166. The highest BCUT2D eigenvalue weighted by Gasteiger charge is 2.27. The summed E-state index contributed by atoms with van der Waals surface area (Å²) in [6.45, 7) is 4.59. The second-order valence-corrected chi connectivity index (χ2v) is 5.82. The van der Waals surface area contributed by atoms with Gasteiger partial charge >= 0.3 is 0 Å². The lowest BCUT2D eigenvalue weighted by Gasteiger charge is -2.29. The summed E-state index contributed by atoms with van der Waals surface area (Å²) in [6.07, 6.45) is 0.672. The molecule has 1 aliphatic heterocycles. The van der Waals surface area contributed by atoms with Crippen molar-refractivity contribution in [2.75, 3.05) is 13.6 Å². The molecule has 0 saturated heterocycles. The van der Waals surface area contributed by atoms with Crippen molar-refractivity contribution < 1.29 is 9.59 Å². The van der Waals surface area contributed by atoms with E-state index in [0.29, 0.717) is 13.0 Å². The minimum atomic E-state index is -0.253. The van der Waals surface area contributed by atoms with Gasteiger partial charge in [-0.1, -0.05) is 24.3 Å². The second-order valence-electron chi connectivity index (χ2n) is 5.82. The summed E-state index contributed by atoms with van der Waals surface area (Å²) in [6, 6.07) is 7.96. The van der Waals surface area contributed by atoms with Crippen molar-refractivity contribution in [3.8, 4) is 0 Å². The Bertz CT molecular complexity index is 528. The average molecular weight is 289 g/mol. The van der Waals surface area contributed by atoms with Crippen molar-refractivity contribution in [1.82, 2.24) is 15.5 Å². The van der Waals surface area contributed by atoms with E-state index in [-0.39, 0.29) is 30.4 Å². The zero-order valence-corrected chi connectivity index (χ0v) is 12.8. The highest BCUT2D eigenvalue weighted by molar-refractivity contribution is 5.87. The Labute approximate surface area is 125 Å². The normalized spacial score (nSPS) is 17.2. The molecular weight excluding hydrogens is 266 g/mol. The van der Waals surface area contributed by atoms with Crippen LogP contribution in [0.5, 0.6) is 0 Å². The van der Waals surface area contributed by atoms with E-state index in [0.717, 1.165) is 0 Å². The van der Waals surface area contributed by atoms with Gasteiger partial charge in [0.05, 0.1) is 12.6 Å². The van der Waals surface area contributed by atoms with Crippen molar-refractivity contribution in [3.05, 3.63) is 35.4 Å². The molecule has 2 rings (SSSR count). The first-order valence-electron chi connectivity index (χ1n) is 7.32. The monoisotopic (exact) mass is 289 g/mol. The summed E-state index contributed by atoms with van der Waals surface area (Å²) in [7, 11) is 1.67. The maximum absolute atomic E-state index is 12.4. The number of carbonyl (C=O) groups excluding carboxylic acids is 2. The summed E-state index contributed by atoms with van der Waals surface area (Å²) >= 11 is 0. The summed E-state index contributed by atoms with van der Waals surface area (Å²) in [4.78, 5) is 25.6. The van der Waals surface area contributed by atoms with E-state index in [9.17, 15) is 9.59 Å². The number of likely N-dealkylation sites (N-methyl/N-ethyl adjacent to an activating group) is 1. The molecule has 2 N–H and O–H groups in total. The van der Waals surface area contributed by atoms with Gasteiger partial charge in [0.1, 0.15) is 0 Å². The van der Waals surface area contributed by atoms with Crippen LogP contribution < -0.4 is 10.6 Å². The molecule has 21 heavy (non-hydrogen) atoms. The molecule has 0 unspecified atom stereocenters. The van der Waals surface area contributed by atoms with Crippen LogP contribution in [-0.2, 0) is 22.6 Å². The van der Waals surface area contributed by atoms with Gasteiger partial charge in [0.2, 0.25) is 11.8 Å². The Morgan fingerprint density at radius 2 is 2.00 bits per heavy atom. The van der Waals surface area contributed by atoms with Crippen LogP contribution in [0, 0.1) is 0 Å². The molecule has 0 saturated carbocycles. The Kier molecular flexibility index (Phi) is 4.96. The van der Waals surface area contributed by atoms with E-state index < -0.39 is 0 Å². The van der Waals surface area contributed by atoms with E-state index in [1.165, 1.54) is 16.0 Å². The molecule has 1 atom stereocenters. The molecule has 0 bridgehead atoms. The number of fused-ring (bicyclic) bond motifs is 1. The van der Waals surface area contributed by atoms with Gasteiger partial charge in [-0.25, -0.2) is 0 Å². The Morgan fingerprint density at radius 3 is 2.67 bits per heavy atom. The molecule has 2 amide bonds. The van der Waals surface area contributed by atoms with Crippen molar-refractivity contribution >= 4 is 11.8 Å². The number of nitrogens with one attached hydrogen (secondary N) is 2. The number of hydrogen-bond acceptors (Lipinski definition) is 3. The predicted molar refractivity (Wildman–Crippen MR) is 81.7 cm³/mol. The van der Waals surface area contributed by atoms with Gasteiger partial charge in [-0.15, -0.1) is 0 Å². The van der Waals surface area contributed by atoms with Gasteiger partial charge in [-0.05, 0) is 31.4 Å². The third kappa shape index (κ3) is 4.04. The third-order valence-corrected chi connectivity index (χ3v) is 3.59. The number of carbonyl (C=O) groups is 2. The highest BCUT2D eigenvalue weighted by Crippen LogP contribution is 2.17. The average Bonchev–Trinajstić information content (AvgIpc) is 2.45. The molecule has 0 fully saturated rings. The molecule has 0 spiro atoms. The largest absolute Gasteiger partial charge is 0.352 e. The van der Waals surface area contributed by atoms with E-state index >= 15 is 0 Å². The van der Waals surface area contributed by atoms with Gasteiger partial charge in [0, 0.05) is 19.6 Å². The fraction of sp³-hybridized carbons (Fsp3) is 0.500. The number of rotatable bonds is 4. The SMILES string of the molecule is CC(C)NC(=O)CN(C)C(=O)[C@H]1Cc2ccccc2CN1. The molecule has 114 valence electrons. The minimum Gasteiger partial charge on any atom is -0.352 e. The molecule has 1 aromatic rings. The van der Waals surface area contributed by atoms with Crippen molar-refractivity contribution in [2.24, 2.45) is 0 Å². The minimum absolute atomic E-state index is 0.0385. The molecule has 5 heteroatoms. The zero-order chi connectivity index (χ0) is 15.4. The first-order valence-corrected chi connectivity index (χ1v) is 7.32. The van der Waals surface area contributed by atoms with Gasteiger partial charge < -0.3 is 15.5 Å². The summed E-state index contributed by atoms with van der Waals surface area (Å²) in [5.41, 5.74) is 2.44. The lowest BCUT2D eigenvalue weighted by molar-refractivity contribution is -0.136. The lowest BCUT2D eigenvalue weighted by Crippen LogP contribution is -2.50. The smallest absolute Gasteiger partial charge is 0.240 e. The van der Waals surface area contributed by atoms with E-state index in [1.807, 2.05) is 26.0 Å². The topological polar surface area (TPSA) is 61.4 Å². The number of hydrogen-bond donors (Lipinski definition) is 2. The lowest BCUT2D eigenvalue weighted by atomic mass is 9.95. The third-order valence-electron chi connectivity index (χ3n) is 3.59. The van der Waals surface area contributed by atoms with Crippen LogP contribution in [-0.4, -0.2) is 42.4 Å². The van der Waals surface area contributed by atoms with Crippen LogP contribution in [0.4, 0.5) is 0 Å². The maximum atomic E-state index is 12.4. The zero-order valence-electron chi connectivity index (χ0n) is 12.8. The van der Waals surface area contributed by atoms with Crippen LogP contribution >= 0.6 is 0 Å². The standard InChI is InChI=1S/C16H23N3O2/c1-11(2)18-15(20)10-19(3)16(21)14-8-12-6-4-5-7-13(12)9-17-14/h4-7,11,14,17H,8-10H2,1-3H3,(H,18,20)/t14-/m1/s1. The quantitative estimate of drug-likeness (QED) is 0.857. The fourth-order valence-electron chi connectivity index (χ4n) is 2.56. The maximum Gasteiger partial charge on any atom is 0.240 e. The Balaban J connectivity index is 1.93. The second kappa shape index (κ2) is 6.72. The molecule has 0 radical (unpaired) electrons. The van der Waals surface area contributed by atoms with Crippen molar-refractivity contribution in [3.63, 3.8) is 0 Å². The molecule has 1 aromatic carbocycles. The molecule has 0 aliphatic carbocycles. The number of amides is 2. The van der Waals surface area contributed by atoms with E-state index in [2.05, 4.69) is 22.8 Å². The van der Waals surface area contributed by atoms with Gasteiger partial charge in [-0.3, -0.25) is 9.59 Å². The predicted octanol–water partition coefficient (Wildman–Crippen LogP) is 0.684. The van der Waals surface area contributed by atoms with Crippen LogP contribution in [0.1, 0.15) is 25.0 Å². The van der Waals surface area contributed by atoms with Crippen LogP contribution in [0.15, 0.2) is 24.3 Å². The molecular formula is C16H23N3O2. The summed E-state index contributed by atoms with van der Waals surface area (Å²) < 4.78 is 0. The Hall–Kier alpha value is -1.88. The molecule has 5 nitrogen and oxygen atoms in total. The molecule has 1 heterocycles. The van der Waals surface area contributed by atoms with E-state index in [4.69, 9.17) is 0 Å². The number of nitrogens with zero attached hydrogens (tertiary/aromatic N) is 1. The highest BCUT2D eigenvalue weighted by atomic mass is 16.2. The number of benzene rings is 1. The van der Waals surface area contributed by atoms with Crippen LogP contribution in [0.3, 0.4) is 0 Å². The van der Waals surface area contributed by atoms with Gasteiger partial charge in [0.25, 0.3) is 0 Å². The van der Waals surface area contributed by atoms with Gasteiger partial charge in [0.15, 0.2) is 0 Å². The first-order chi connectivity index (χ1) is 9.97. The summed E-state index contributed by atoms with van der Waals surface area (Å²) in [5, 5.41) is 6.04. The molecule has 0 aromatic heterocycles. The van der Waals surface area contributed by atoms with Gasteiger partial charge in [-0.2, -0.15) is 0 Å². The fourth-order valence-corrected chi connectivity index (χ4v) is 2.56. The van der Waals surface area contributed by atoms with Crippen LogP contribution in [0.2, 0.25) is 0 Å². The Morgan fingerprint density at radius 1 is 1.33 bits per heavy atom. The van der Waals surface area contributed by atoms with Crippen LogP contribution in [0.25, 0.3) is 0 Å². The first kappa shape index (κ1) is 15.5. The van der Waals surface area contributed by atoms with Crippen molar-refractivity contribution in [1.29, 1.82) is 0 Å². The van der Waals surface area contributed by atoms with E-state index in [1.54, 1.807) is 7.05 Å². The van der Waals surface area contributed by atoms with Crippen molar-refractivity contribution in [2.45, 2.75) is 38.9 Å². The molecule has 1 aliphatic rings.